The highest BCUT2D eigenvalue weighted by Gasteiger charge is 2.34. The van der Waals surface area contributed by atoms with Gasteiger partial charge in [0.1, 0.15) is 12.4 Å². The largest absolute Gasteiger partial charge is 0.485 e. The van der Waals surface area contributed by atoms with Crippen LogP contribution in [0.25, 0.3) is 10.8 Å². The maximum absolute atomic E-state index is 14.7. The highest BCUT2D eigenvalue weighted by atomic mass is 19.3. The van der Waals surface area contributed by atoms with Gasteiger partial charge < -0.3 is 24.4 Å². The molecule has 0 radical (unpaired) electrons. The first-order valence-electron chi connectivity index (χ1n) is 12.1. The predicted octanol–water partition coefficient (Wildman–Crippen LogP) is 4.58. The molecule has 8 nitrogen and oxygen atoms in total. The van der Waals surface area contributed by atoms with Gasteiger partial charge in [-0.25, -0.2) is 13.2 Å². The van der Waals surface area contributed by atoms with Crippen molar-refractivity contribution in [2.45, 2.75) is 45.4 Å². The van der Waals surface area contributed by atoms with E-state index in [1.54, 1.807) is 30.9 Å². The lowest BCUT2D eigenvalue weighted by atomic mass is 10.0. The second-order valence-electron chi connectivity index (χ2n) is 9.28. The first-order valence-corrected chi connectivity index (χ1v) is 12.1. The number of benzene rings is 2. The van der Waals surface area contributed by atoms with Crippen molar-refractivity contribution < 1.29 is 32.2 Å². The van der Waals surface area contributed by atoms with Crippen LogP contribution in [0.4, 0.5) is 19.0 Å². The normalized spacial score (nSPS) is 20.2. The molecular weight excluding hydrogens is 489 g/mol. The van der Waals surface area contributed by atoms with Crippen molar-refractivity contribution in [3.63, 3.8) is 0 Å². The fourth-order valence-electron chi connectivity index (χ4n) is 4.65. The number of nitrogens with zero attached hydrogens (tertiary/aromatic N) is 3. The number of halogens is 3. The molecule has 1 fully saturated rings. The molecule has 5 rings (SSSR count). The predicted molar refractivity (Wildman–Crippen MR) is 130 cm³/mol. The third kappa shape index (κ3) is 4.87. The van der Waals surface area contributed by atoms with Crippen molar-refractivity contribution in [3.8, 4) is 11.5 Å². The topological polar surface area (TPSA) is 85.8 Å². The summed E-state index contributed by atoms with van der Waals surface area (Å²) in [6.45, 7) is 6.86. The molecule has 0 spiro atoms. The fourth-order valence-corrected chi connectivity index (χ4v) is 4.65. The van der Waals surface area contributed by atoms with Crippen molar-refractivity contribution in [3.05, 3.63) is 53.0 Å². The Balaban J connectivity index is 1.41. The molecule has 0 bridgehead atoms. The van der Waals surface area contributed by atoms with E-state index in [1.807, 2.05) is 6.92 Å². The van der Waals surface area contributed by atoms with E-state index in [1.165, 1.54) is 12.1 Å². The van der Waals surface area contributed by atoms with E-state index >= 15 is 0 Å². The minimum atomic E-state index is -2.92. The van der Waals surface area contributed by atoms with E-state index in [0.717, 1.165) is 6.07 Å². The summed E-state index contributed by atoms with van der Waals surface area (Å²) in [5, 5.41) is 12.8. The SMILES string of the molecule is Cc1nnc(N[C@H](C)c2cccc(C(F)F)c2F)c2cc3c(cc12)OC(C(=O)N1CCOC(C)C1)CO3. The number of morpholine rings is 1. The molecule has 0 aliphatic carbocycles. The van der Waals surface area contributed by atoms with Crippen LogP contribution in [0.2, 0.25) is 0 Å². The Morgan fingerprint density at radius 2 is 1.92 bits per heavy atom. The average Bonchev–Trinajstić information content (AvgIpc) is 2.88. The van der Waals surface area contributed by atoms with E-state index in [2.05, 4.69) is 15.5 Å². The molecule has 0 saturated carbocycles. The molecule has 3 atom stereocenters. The Kier molecular flexibility index (Phi) is 6.80. The molecule has 2 unspecified atom stereocenters. The van der Waals surface area contributed by atoms with E-state index < -0.39 is 30.0 Å². The highest BCUT2D eigenvalue weighted by molar-refractivity contribution is 5.96. The zero-order chi connectivity index (χ0) is 26.3. The Bertz CT molecular complexity index is 1340. The smallest absolute Gasteiger partial charge is 0.267 e. The summed E-state index contributed by atoms with van der Waals surface area (Å²) in [6, 6.07) is 6.71. The van der Waals surface area contributed by atoms with Crippen molar-refractivity contribution in [2.24, 2.45) is 0 Å². The Hall–Kier alpha value is -3.60. The molecule has 1 aromatic heterocycles. The molecule has 2 aromatic carbocycles. The summed E-state index contributed by atoms with van der Waals surface area (Å²) in [7, 11) is 0. The molecule has 1 N–H and O–H groups in total. The van der Waals surface area contributed by atoms with Gasteiger partial charge in [-0.1, -0.05) is 18.2 Å². The van der Waals surface area contributed by atoms with Crippen LogP contribution < -0.4 is 14.8 Å². The van der Waals surface area contributed by atoms with Gasteiger partial charge in [-0.15, -0.1) is 5.10 Å². The number of aromatic nitrogens is 2. The number of fused-ring (bicyclic) bond motifs is 2. The van der Waals surface area contributed by atoms with Crippen LogP contribution in [-0.2, 0) is 9.53 Å². The number of anilines is 1. The average molecular weight is 517 g/mol. The second kappa shape index (κ2) is 10.0. The van der Waals surface area contributed by atoms with Crippen LogP contribution in [0.15, 0.2) is 30.3 Å². The number of hydrogen-bond acceptors (Lipinski definition) is 7. The molecule has 11 heteroatoms. The number of ether oxygens (including phenoxy) is 3. The third-order valence-corrected chi connectivity index (χ3v) is 6.63. The lowest BCUT2D eigenvalue weighted by Gasteiger charge is -2.35. The number of nitrogens with one attached hydrogen (secondary N) is 1. The number of amides is 1. The number of aryl methyl sites for hydroxylation is 1. The molecule has 37 heavy (non-hydrogen) atoms. The van der Waals surface area contributed by atoms with Crippen LogP contribution in [0.1, 0.15) is 43.1 Å². The molecule has 2 aliphatic heterocycles. The number of hydrogen-bond donors (Lipinski definition) is 1. The summed E-state index contributed by atoms with van der Waals surface area (Å²) in [4.78, 5) is 14.7. The minimum Gasteiger partial charge on any atom is -0.485 e. The molecule has 3 heterocycles. The number of rotatable bonds is 5. The van der Waals surface area contributed by atoms with Gasteiger partial charge in [0.15, 0.2) is 17.3 Å². The summed E-state index contributed by atoms with van der Waals surface area (Å²) in [6.07, 6.45) is -3.74. The van der Waals surface area contributed by atoms with E-state index in [9.17, 15) is 18.0 Å². The molecule has 1 saturated heterocycles. The summed E-state index contributed by atoms with van der Waals surface area (Å²) < 4.78 is 58.5. The monoisotopic (exact) mass is 516 g/mol. The fraction of sp³-hybridized carbons (Fsp3) is 0.423. The third-order valence-electron chi connectivity index (χ3n) is 6.63. The summed E-state index contributed by atoms with van der Waals surface area (Å²) in [5.41, 5.74) is 0.0480. The van der Waals surface area contributed by atoms with Crippen molar-refractivity contribution in [1.29, 1.82) is 0 Å². The maximum atomic E-state index is 14.7. The molecule has 1 amide bonds. The van der Waals surface area contributed by atoms with Gasteiger partial charge in [-0.3, -0.25) is 4.79 Å². The maximum Gasteiger partial charge on any atom is 0.267 e. The van der Waals surface area contributed by atoms with Crippen LogP contribution in [0.3, 0.4) is 0 Å². The Morgan fingerprint density at radius 3 is 2.68 bits per heavy atom. The molecular formula is C26H27F3N4O4. The zero-order valence-corrected chi connectivity index (χ0v) is 20.6. The van der Waals surface area contributed by atoms with Crippen LogP contribution >= 0.6 is 0 Å². The van der Waals surface area contributed by atoms with E-state index in [4.69, 9.17) is 14.2 Å². The summed E-state index contributed by atoms with van der Waals surface area (Å²) in [5.74, 6) is 0.0583. The minimum absolute atomic E-state index is 0.0423. The molecule has 2 aliphatic rings. The Morgan fingerprint density at radius 1 is 1.16 bits per heavy atom. The zero-order valence-electron chi connectivity index (χ0n) is 20.6. The quantitative estimate of drug-likeness (QED) is 0.532. The number of alkyl halides is 2. The summed E-state index contributed by atoms with van der Waals surface area (Å²) >= 11 is 0. The lowest BCUT2D eigenvalue weighted by Crippen LogP contribution is -2.52. The number of carbonyl (C=O) groups excluding carboxylic acids is 1. The van der Waals surface area contributed by atoms with Crippen LogP contribution in [-0.4, -0.2) is 59.5 Å². The van der Waals surface area contributed by atoms with Gasteiger partial charge in [0.2, 0.25) is 6.10 Å². The standard InChI is InChI=1S/C26H27F3N4O4/c1-13-11-33(7-8-35-13)26(34)22-12-36-20-10-19-18(9-21(20)37-22)15(3)31-32-25(19)30-14(2)16-5-4-6-17(23(16)27)24(28)29/h4-6,9-10,13-14,22,24H,7-8,11-12H2,1-3H3,(H,30,32)/t13?,14-,22?/m1/s1. The van der Waals surface area contributed by atoms with Gasteiger partial charge in [0.25, 0.3) is 12.3 Å². The van der Waals surface area contributed by atoms with Gasteiger partial charge in [-0.2, -0.15) is 5.10 Å². The Labute approximate surface area is 211 Å². The lowest BCUT2D eigenvalue weighted by molar-refractivity contribution is -0.148. The van der Waals surface area contributed by atoms with Crippen LogP contribution in [0, 0.1) is 12.7 Å². The second-order valence-corrected chi connectivity index (χ2v) is 9.28. The van der Waals surface area contributed by atoms with Crippen molar-refractivity contribution in [2.75, 3.05) is 31.6 Å². The first kappa shape index (κ1) is 25.1. The highest BCUT2D eigenvalue weighted by Crippen LogP contribution is 2.39. The van der Waals surface area contributed by atoms with Crippen molar-refractivity contribution in [1.82, 2.24) is 15.1 Å². The van der Waals surface area contributed by atoms with Gasteiger partial charge in [-0.05, 0) is 32.9 Å². The molecule has 196 valence electrons. The number of carbonyl (C=O) groups is 1. The van der Waals surface area contributed by atoms with E-state index in [0.29, 0.717) is 53.5 Å². The van der Waals surface area contributed by atoms with Gasteiger partial charge in [0.05, 0.1) is 30.0 Å². The van der Waals surface area contributed by atoms with E-state index in [-0.39, 0.29) is 24.2 Å². The van der Waals surface area contributed by atoms with Gasteiger partial charge >= 0.3 is 0 Å². The van der Waals surface area contributed by atoms with Crippen LogP contribution in [0.5, 0.6) is 11.5 Å². The van der Waals surface area contributed by atoms with Crippen molar-refractivity contribution >= 4 is 22.5 Å². The molecule has 3 aromatic rings. The van der Waals surface area contributed by atoms with Gasteiger partial charge in [0, 0.05) is 29.4 Å². The first-order chi connectivity index (χ1) is 17.7.